The molecule has 0 radical (unpaired) electrons. The van der Waals surface area contributed by atoms with Crippen molar-refractivity contribution >= 4 is 17.9 Å². The van der Waals surface area contributed by atoms with Crippen LogP contribution in [-0.4, -0.2) is 46.5 Å². The van der Waals surface area contributed by atoms with Crippen molar-refractivity contribution in [3.8, 4) is 0 Å². The number of urea groups is 1. The number of carboxylic acids is 1. The molecule has 0 bridgehead atoms. The highest BCUT2D eigenvalue weighted by atomic mass is 16.4. The van der Waals surface area contributed by atoms with Gasteiger partial charge < -0.3 is 21.1 Å². The van der Waals surface area contributed by atoms with E-state index in [1.54, 1.807) is 6.92 Å². The second kappa shape index (κ2) is 5.90. The summed E-state index contributed by atoms with van der Waals surface area (Å²) in [6.07, 6.45) is 1.62. The summed E-state index contributed by atoms with van der Waals surface area (Å²) in [6, 6.07) is -0.547. The van der Waals surface area contributed by atoms with Crippen molar-refractivity contribution in [1.82, 2.24) is 10.2 Å². The Bertz CT molecular complexity index is 385. The van der Waals surface area contributed by atoms with Crippen LogP contribution in [-0.2, 0) is 9.59 Å². The van der Waals surface area contributed by atoms with Gasteiger partial charge >= 0.3 is 12.0 Å². The third kappa shape index (κ3) is 3.59. The third-order valence-electron chi connectivity index (χ3n) is 3.68. The van der Waals surface area contributed by atoms with E-state index in [2.05, 4.69) is 5.32 Å². The number of aliphatic carboxylic acids is 1. The number of hydrogen-bond donors (Lipinski definition) is 3. The van der Waals surface area contributed by atoms with Crippen molar-refractivity contribution in [3.05, 3.63) is 0 Å². The minimum absolute atomic E-state index is 0.251. The molecule has 19 heavy (non-hydrogen) atoms. The van der Waals surface area contributed by atoms with Crippen LogP contribution in [0.2, 0.25) is 0 Å². The lowest BCUT2D eigenvalue weighted by Crippen LogP contribution is -2.56. The molecule has 4 N–H and O–H groups in total. The number of carboxylic acid groups (broad SMARTS) is 1. The average molecular weight is 271 g/mol. The predicted molar refractivity (Wildman–Crippen MR) is 68.4 cm³/mol. The first-order valence-electron chi connectivity index (χ1n) is 6.40. The second-order valence-corrected chi connectivity index (χ2v) is 5.10. The molecule has 0 spiro atoms. The Morgan fingerprint density at radius 2 is 2.11 bits per heavy atom. The molecule has 0 aromatic heterocycles. The Balaban J connectivity index is 2.67. The van der Waals surface area contributed by atoms with Crippen molar-refractivity contribution in [2.75, 3.05) is 13.1 Å². The van der Waals surface area contributed by atoms with E-state index in [1.165, 1.54) is 11.8 Å². The number of hydrogen-bond acceptors (Lipinski definition) is 3. The first-order valence-corrected chi connectivity index (χ1v) is 6.40. The van der Waals surface area contributed by atoms with E-state index in [0.717, 1.165) is 0 Å². The van der Waals surface area contributed by atoms with Crippen LogP contribution in [0.3, 0.4) is 0 Å². The molecule has 1 saturated heterocycles. The summed E-state index contributed by atoms with van der Waals surface area (Å²) in [4.78, 5) is 35.7. The molecular formula is C12H21N3O4. The standard InChI is InChI=1S/C12H21N3O4/c1-3-12(2,10(17)18)14-9(16)8-5-4-6-15(7-8)11(13)19/h8H,3-7H2,1-2H3,(H2,13,19)(H,14,16)(H,17,18). The van der Waals surface area contributed by atoms with Gasteiger partial charge in [-0.2, -0.15) is 0 Å². The maximum absolute atomic E-state index is 12.1. The van der Waals surface area contributed by atoms with Crippen LogP contribution in [0, 0.1) is 5.92 Å². The van der Waals surface area contributed by atoms with Crippen LogP contribution in [0.25, 0.3) is 0 Å². The largest absolute Gasteiger partial charge is 0.480 e. The number of piperidine rings is 1. The molecule has 0 aromatic rings. The molecule has 1 rings (SSSR count). The van der Waals surface area contributed by atoms with Crippen LogP contribution in [0.4, 0.5) is 4.79 Å². The smallest absolute Gasteiger partial charge is 0.329 e. The van der Waals surface area contributed by atoms with Gasteiger partial charge in [0.05, 0.1) is 5.92 Å². The average Bonchev–Trinajstić information content (AvgIpc) is 2.38. The summed E-state index contributed by atoms with van der Waals surface area (Å²) in [7, 11) is 0. The normalized spacial score (nSPS) is 22.4. The Labute approximate surface area is 112 Å². The number of carbonyl (C=O) groups is 3. The number of rotatable bonds is 4. The number of primary amides is 1. The van der Waals surface area contributed by atoms with Gasteiger partial charge in [0.1, 0.15) is 5.54 Å². The lowest BCUT2D eigenvalue weighted by atomic mass is 9.93. The fourth-order valence-electron chi connectivity index (χ4n) is 2.06. The minimum Gasteiger partial charge on any atom is -0.480 e. The monoisotopic (exact) mass is 271 g/mol. The van der Waals surface area contributed by atoms with Gasteiger partial charge in [-0.15, -0.1) is 0 Å². The van der Waals surface area contributed by atoms with Crippen molar-refractivity contribution < 1.29 is 19.5 Å². The van der Waals surface area contributed by atoms with E-state index in [9.17, 15) is 14.4 Å². The SMILES string of the molecule is CCC(C)(NC(=O)C1CCCN(C(N)=O)C1)C(=O)O. The van der Waals surface area contributed by atoms with Crippen molar-refractivity contribution in [2.45, 2.75) is 38.6 Å². The fourth-order valence-corrected chi connectivity index (χ4v) is 2.06. The zero-order valence-corrected chi connectivity index (χ0v) is 11.3. The Kier molecular flexibility index (Phi) is 4.74. The maximum Gasteiger partial charge on any atom is 0.329 e. The van der Waals surface area contributed by atoms with Crippen molar-refractivity contribution in [2.24, 2.45) is 11.7 Å². The number of likely N-dealkylation sites (tertiary alicyclic amines) is 1. The molecule has 0 aliphatic carbocycles. The number of nitrogens with zero attached hydrogens (tertiary/aromatic N) is 1. The fraction of sp³-hybridized carbons (Fsp3) is 0.750. The van der Waals surface area contributed by atoms with Gasteiger partial charge in [-0.05, 0) is 26.2 Å². The van der Waals surface area contributed by atoms with Gasteiger partial charge in [-0.25, -0.2) is 9.59 Å². The molecule has 1 fully saturated rings. The summed E-state index contributed by atoms with van der Waals surface area (Å²) in [6.45, 7) is 3.97. The van der Waals surface area contributed by atoms with Gasteiger partial charge in [0, 0.05) is 13.1 Å². The molecule has 1 aliphatic rings. The lowest BCUT2D eigenvalue weighted by Gasteiger charge is -2.33. The third-order valence-corrected chi connectivity index (χ3v) is 3.68. The van der Waals surface area contributed by atoms with Crippen LogP contribution in [0.1, 0.15) is 33.1 Å². The highest BCUT2D eigenvalue weighted by Crippen LogP contribution is 2.18. The Morgan fingerprint density at radius 3 is 2.58 bits per heavy atom. The molecule has 2 atom stereocenters. The summed E-state index contributed by atoms with van der Waals surface area (Å²) in [5.41, 5.74) is 3.92. The van der Waals surface area contributed by atoms with Crippen LogP contribution >= 0.6 is 0 Å². The maximum atomic E-state index is 12.1. The quantitative estimate of drug-likeness (QED) is 0.675. The Morgan fingerprint density at radius 1 is 1.47 bits per heavy atom. The number of nitrogens with two attached hydrogens (primary N) is 1. The van der Waals surface area contributed by atoms with E-state index >= 15 is 0 Å². The van der Waals surface area contributed by atoms with E-state index in [4.69, 9.17) is 10.8 Å². The van der Waals surface area contributed by atoms with E-state index in [0.29, 0.717) is 25.8 Å². The first-order chi connectivity index (χ1) is 8.80. The molecule has 7 nitrogen and oxygen atoms in total. The van der Waals surface area contributed by atoms with E-state index in [1.807, 2.05) is 0 Å². The van der Waals surface area contributed by atoms with Crippen molar-refractivity contribution in [1.29, 1.82) is 0 Å². The topological polar surface area (TPSA) is 113 Å². The molecule has 108 valence electrons. The molecular weight excluding hydrogens is 250 g/mol. The Hall–Kier alpha value is -1.79. The van der Waals surface area contributed by atoms with Gasteiger partial charge in [-0.3, -0.25) is 4.79 Å². The van der Waals surface area contributed by atoms with Crippen LogP contribution < -0.4 is 11.1 Å². The molecule has 0 aromatic carbocycles. The molecule has 2 unspecified atom stereocenters. The number of amides is 3. The minimum atomic E-state index is -1.27. The second-order valence-electron chi connectivity index (χ2n) is 5.10. The summed E-state index contributed by atoms with van der Waals surface area (Å²) in [5.74, 6) is -1.80. The number of carbonyl (C=O) groups excluding carboxylic acids is 2. The van der Waals surface area contributed by atoms with Gasteiger partial charge in [0.15, 0.2) is 0 Å². The molecule has 1 heterocycles. The highest BCUT2D eigenvalue weighted by molar-refractivity contribution is 5.88. The molecule has 0 saturated carbocycles. The van der Waals surface area contributed by atoms with E-state index < -0.39 is 23.5 Å². The van der Waals surface area contributed by atoms with Crippen LogP contribution in [0.5, 0.6) is 0 Å². The predicted octanol–water partition coefficient (Wildman–Crippen LogP) is 0.147. The zero-order valence-electron chi connectivity index (χ0n) is 11.3. The lowest BCUT2D eigenvalue weighted by molar-refractivity contribution is -0.148. The highest BCUT2D eigenvalue weighted by Gasteiger charge is 2.36. The van der Waals surface area contributed by atoms with E-state index in [-0.39, 0.29) is 12.5 Å². The molecule has 3 amide bonds. The van der Waals surface area contributed by atoms with Gasteiger partial charge in [0.2, 0.25) is 5.91 Å². The first kappa shape index (κ1) is 15.3. The van der Waals surface area contributed by atoms with Crippen molar-refractivity contribution in [3.63, 3.8) is 0 Å². The summed E-state index contributed by atoms with van der Waals surface area (Å²) in [5, 5.41) is 11.7. The molecule has 1 aliphatic heterocycles. The summed E-state index contributed by atoms with van der Waals surface area (Å²) >= 11 is 0. The van der Waals surface area contributed by atoms with Crippen LogP contribution in [0.15, 0.2) is 0 Å². The van der Waals surface area contributed by atoms with Gasteiger partial charge in [-0.1, -0.05) is 6.92 Å². The summed E-state index contributed by atoms with van der Waals surface area (Å²) < 4.78 is 0. The van der Waals surface area contributed by atoms with Gasteiger partial charge in [0.25, 0.3) is 0 Å². The number of nitrogens with one attached hydrogen (secondary N) is 1. The molecule has 7 heteroatoms. The zero-order chi connectivity index (χ0) is 14.6.